The quantitative estimate of drug-likeness (QED) is 0.352. The number of aromatic nitrogens is 1. The molecule has 0 aliphatic rings. The van der Waals surface area contributed by atoms with E-state index in [9.17, 15) is 4.79 Å². The van der Waals surface area contributed by atoms with Gasteiger partial charge in [-0.2, -0.15) is 0 Å². The lowest BCUT2D eigenvalue weighted by Gasteiger charge is -2.11. The largest absolute Gasteiger partial charge is 0.462 e. The fourth-order valence-electron chi connectivity index (χ4n) is 2.10. The first kappa shape index (κ1) is 14.7. The van der Waals surface area contributed by atoms with Gasteiger partial charge >= 0.3 is 5.97 Å². The third-order valence-electron chi connectivity index (χ3n) is 3.07. The summed E-state index contributed by atoms with van der Waals surface area (Å²) in [6, 6.07) is 11.1. The molecular weight excluding hydrogens is 268 g/mol. The minimum absolute atomic E-state index is 0.283. The van der Waals surface area contributed by atoms with Crippen molar-refractivity contribution < 1.29 is 9.53 Å². The lowest BCUT2D eigenvalue weighted by atomic mass is 10.1. The smallest absolute Gasteiger partial charge is 0.338 e. The Kier molecular flexibility index (Phi) is 5.01. The second-order valence-corrected chi connectivity index (χ2v) is 4.39. The van der Waals surface area contributed by atoms with Crippen LogP contribution in [0.4, 0.5) is 0 Å². The molecule has 0 aliphatic heterocycles. The Balaban J connectivity index is 2.26. The molecule has 2 aromatic rings. The first-order chi connectivity index (χ1) is 10.3. The Hall–Kier alpha value is -2.72. The molecule has 0 spiro atoms. The lowest BCUT2D eigenvalue weighted by molar-refractivity contribution is 0.0525. The maximum Gasteiger partial charge on any atom is 0.338 e. The molecule has 2 rings (SSSR count). The number of nitrogens with zero attached hydrogens (tertiary/aromatic N) is 4. The second kappa shape index (κ2) is 7.17. The van der Waals surface area contributed by atoms with E-state index in [1.807, 2.05) is 41.1 Å². The van der Waals surface area contributed by atoms with Crippen molar-refractivity contribution in [1.29, 1.82) is 0 Å². The Morgan fingerprint density at radius 2 is 2.14 bits per heavy atom. The van der Waals surface area contributed by atoms with Gasteiger partial charge in [-0.1, -0.05) is 23.3 Å². The molecule has 0 saturated heterocycles. The van der Waals surface area contributed by atoms with E-state index in [-0.39, 0.29) is 12.5 Å². The fraction of sp³-hybridized carbons (Fsp3) is 0.267. The van der Waals surface area contributed by atoms with Crippen LogP contribution in [-0.4, -0.2) is 17.1 Å². The maximum absolute atomic E-state index is 12.0. The molecule has 0 saturated carbocycles. The predicted molar refractivity (Wildman–Crippen MR) is 78.8 cm³/mol. The molecule has 6 nitrogen and oxygen atoms in total. The highest BCUT2D eigenvalue weighted by atomic mass is 16.5. The van der Waals surface area contributed by atoms with Crippen LogP contribution in [-0.2, 0) is 17.8 Å². The number of ether oxygens (including phenoxy) is 1. The van der Waals surface area contributed by atoms with E-state index in [1.165, 1.54) is 0 Å². The average Bonchev–Trinajstić information content (AvgIpc) is 2.93. The summed E-state index contributed by atoms with van der Waals surface area (Å²) >= 11 is 0. The number of carbonyl (C=O) groups is 1. The van der Waals surface area contributed by atoms with Crippen molar-refractivity contribution in [3.05, 3.63) is 69.9 Å². The van der Waals surface area contributed by atoms with Gasteiger partial charge in [0.1, 0.15) is 0 Å². The zero-order chi connectivity index (χ0) is 15.1. The summed E-state index contributed by atoms with van der Waals surface area (Å²) in [5, 5.41) is 3.57. The van der Waals surface area contributed by atoms with Crippen LogP contribution < -0.4 is 0 Å². The minimum Gasteiger partial charge on any atom is -0.462 e. The van der Waals surface area contributed by atoms with Gasteiger partial charge in [0.15, 0.2) is 0 Å². The first-order valence-electron chi connectivity index (χ1n) is 6.66. The normalized spacial score (nSPS) is 9.95. The van der Waals surface area contributed by atoms with Crippen LogP contribution in [0.25, 0.3) is 10.4 Å². The summed E-state index contributed by atoms with van der Waals surface area (Å²) in [4.78, 5) is 14.7. The van der Waals surface area contributed by atoms with Crippen LogP contribution in [0.1, 0.15) is 28.5 Å². The van der Waals surface area contributed by atoms with Gasteiger partial charge in [0.05, 0.1) is 18.7 Å². The molecule has 0 amide bonds. The molecule has 0 unspecified atom stereocenters. The molecule has 1 aromatic carbocycles. The van der Waals surface area contributed by atoms with Crippen LogP contribution in [0.2, 0.25) is 0 Å². The molecule has 0 bridgehead atoms. The first-order valence-corrected chi connectivity index (χ1v) is 6.66. The fourth-order valence-corrected chi connectivity index (χ4v) is 2.10. The van der Waals surface area contributed by atoms with Gasteiger partial charge in [-0.15, -0.1) is 0 Å². The Labute approximate surface area is 122 Å². The standard InChI is InChI=1S/C15H16N4O2/c1-2-21-15(20)14-8-4-3-6-12(14)11-19-9-5-7-13(19)10-17-18-16/h3-9H,2,10-11H2,1H3. The van der Waals surface area contributed by atoms with Gasteiger partial charge < -0.3 is 9.30 Å². The Bertz CT molecular complexity index is 672. The number of hydrogen-bond acceptors (Lipinski definition) is 3. The third-order valence-corrected chi connectivity index (χ3v) is 3.07. The molecule has 0 radical (unpaired) electrons. The van der Waals surface area contributed by atoms with E-state index in [0.717, 1.165) is 11.3 Å². The number of carbonyl (C=O) groups excluding carboxylic acids is 1. The second-order valence-electron chi connectivity index (χ2n) is 4.39. The molecule has 0 N–H and O–H groups in total. The van der Waals surface area contributed by atoms with Crippen molar-refractivity contribution in [2.45, 2.75) is 20.0 Å². The summed E-state index contributed by atoms with van der Waals surface area (Å²) in [5.41, 5.74) is 10.7. The summed E-state index contributed by atoms with van der Waals surface area (Å²) in [5.74, 6) is -0.322. The van der Waals surface area contributed by atoms with Gasteiger partial charge in [-0.25, -0.2) is 4.79 Å². The van der Waals surface area contributed by atoms with Crippen LogP contribution in [0.5, 0.6) is 0 Å². The Morgan fingerprint density at radius 3 is 2.90 bits per heavy atom. The molecule has 0 atom stereocenters. The van der Waals surface area contributed by atoms with Crippen molar-refractivity contribution in [1.82, 2.24) is 4.57 Å². The van der Waals surface area contributed by atoms with Crippen LogP contribution in [0.3, 0.4) is 0 Å². The molecule has 0 aliphatic carbocycles. The van der Waals surface area contributed by atoms with Crippen molar-refractivity contribution in [3.8, 4) is 0 Å². The Morgan fingerprint density at radius 1 is 1.33 bits per heavy atom. The van der Waals surface area contributed by atoms with E-state index < -0.39 is 0 Å². The van der Waals surface area contributed by atoms with Gasteiger partial charge in [0.2, 0.25) is 0 Å². The van der Waals surface area contributed by atoms with Gasteiger partial charge in [-0.3, -0.25) is 0 Å². The highest BCUT2D eigenvalue weighted by Crippen LogP contribution is 2.14. The molecular formula is C15H16N4O2. The molecule has 1 heterocycles. The van der Waals surface area contributed by atoms with Crippen molar-refractivity contribution in [3.63, 3.8) is 0 Å². The summed E-state index contributed by atoms with van der Waals surface area (Å²) in [6.07, 6.45) is 1.89. The summed E-state index contributed by atoms with van der Waals surface area (Å²) < 4.78 is 7.02. The van der Waals surface area contributed by atoms with E-state index in [4.69, 9.17) is 10.3 Å². The molecule has 21 heavy (non-hydrogen) atoms. The van der Waals surface area contributed by atoms with Crippen molar-refractivity contribution >= 4 is 5.97 Å². The average molecular weight is 284 g/mol. The van der Waals surface area contributed by atoms with Crippen LogP contribution >= 0.6 is 0 Å². The number of benzene rings is 1. The van der Waals surface area contributed by atoms with E-state index in [1.54, 1.807) is 13.0 Å². The zero-order valence-electron chi connectivity index (χ0n) is 11.8. The van der Waals surface area contributed by atoms with E-state index in [2.05, 4.69) is 10.0 Å². The predicted octanol–water partition coefficient (Wildman–Crippen LogP) is 3.52. The van der Waals surface area contributed by atoms with Gasteiger partial charge in [0.25, 0.3) is 0 Å². The highest BCUT2D eigenvalue weighted by Gasteiger charge is 2.12. The van der Waals surface area contributed by atoms with Crippen LogP contribution in [0, 0.1) is 0 Å². The molecule has 108 valence electrons. The number of azide groups is 1. The zero-order valence-corrected chi connectivity index (χ0v) is 11.8. The molecule has 6 heteroatoms. The number of hydrogen-bond donors (Lipinski definition) is 0. The van der Waals surface area contributed by atoms with E-state index >= 15 is 0 Å². The monoisotopic (exact) mass is 284 g/mol. The maximum atomic E-state index is 12.0. The number of esters is 1. The van der Waals surface area contributed by atoms with Crippen molar-refractivity contribution in [2.24, 2.45) is 5.11 Å². The van der Waals surface area contributed by atoms with Gasteiger partial charge in [0, 0.05) is 23.3 Å². The molecule has 1 aromatic heterocycles. The van der Waals surface area contributed by atoms with Crippen LogP contribution in [0.15, 0.2) is 47.7 Å². The highest BCUT2D eigenvalue weighted by molar-refractivity contribution is 5.91. The summed E-state index contributed by atoms with van der Waals surface area (Å²) in [7, 11) is 0. The van der Waals surface area contributed by atoms with Crippen molar-refractivity contribution in [2.75, 3.05) is 6.61 Å². The topological polar surface area (TPSA) is 80.0 Å². The number of rotatable bonds is 6. The van der Waals surface area contributed by atoms with E-state index in [0.29, 0.717) is 18.7 Å². The third kappa shape index (κ3) is 3.64. The SMILES string of the molecule is CCOC(=O)c1ccccc1Cn1cccc1CN=[N+]=[N-]. The molecule has 0 fully saturated rings. The lowest BCUT2D eigenvalue weighted by Crippen LogP contribution is -2.11. The minimum atomic E-state index is -0.322. The summed E-state index contributed by atoms with van der Waals surface area (Å²) in [6.45, 7) is 2.94. The van der Waals surface area contributed by atoms with Gasteiger partial charge in [-0.05, 0) is 36.2 Å².